The number of nitrogens with one attached hydrogen (secondary N) is 2. The normalized spacial score (nSPS) is 14.8. The Kier molecular flexibility index (Phi) is 8.59. The molecule has 6 nitrogen and oxygen atoms in total. The number of benzene rings is 2. The number of hydrogen-bond acceptors (Lipinski definition) is 4. The van der Waals surface area contributed by atoms with Gasteiger partial charge in [0, 0.05) is 23.8 Å². The number of carbonyl (C=O) groups excluding carboxylic acids is 1. The van der Waals surface area contributed by atoms with Crippen LogP contribution in [0.15, 0.2) is 82.8 Å². The van der Waals surface area contributed by atoms with Crippen LogP contribution in [0.5, 0.6) is 0 Å². The number of fused-ring (bicyclic) bond motifs is 1. The first-order valence-electron chi connectivity index (χ1n) is 11.4. The van der Waals surface area contributed by atoms with Gasteiger partial charge in [-0.2, -0.15) is 0 Å². The fourth-order valence-corrected chi connectivity index (χ4v) is 5.51. The largest absolute Gasteiger partial charge is 0.331 e. The van der Waals surface area contributed by atoms with Crippen LogP contribution < -0.4 is 10.6 Å². The van der Waals surface area contributed by atoms with Gasteiger partial charge in [0.25, 0.3) is 0 Å². The van der Waals surface area contributed by atoms with E-state index in [0.717, 1.165) is 30.6 Å². The van der Waals surface area contributed by atoms with Gasteiger partial charge < -0.3 is 10.6 Å². The summed E-state index contributed by atoms with van der Waals surface area (Å²) >= 11 is 6.10. The van der Waals surface area contributed by atoms with E-state index in [1.165, 1.54) is 23.3 Å². The highest BCUT2D eigenvalue weighted by atomic mass is 35.5. The maximum absolute atomic E-state index is 13.0. The van der Waals surface area contributed by atoms with Crippen molar-refractivity contribution in [1.29, 1.82) is 0 Å². The second-order valence-corrected chi connectivity index (χ2v) is 11.3. The van der Waals surface area contributed by atoms with Gasteiger partial charge in [0.05, 0.1) is 16.7 Å². The molecular formula is C27H32ClN3O3S. The summed E-state index contributed by atoms with van der Waals surface area (Å²) in [4.78, 5) is 14.9. The van der Waals surface area contributed by atoms with E-state index in [-0.39, 0.29) is 10.6 Å². The van der Waals surface area contributed by atoms with Crippen LogP contribution in [0.1, 0.15) is 37.0 Å². The fourth-order valence-electron chi connectivity index (χ4n) is 3.96. The van der Waals surface area contributed by atoms with Gasteiger partial charge in [0.2, 0.25) is 0 Å². The predicted molar refractivity (Wildman–Crippen MR) is 143 cm³/mol. The number of anilines is 1. The van der Waals surface area contributed by atoms with E-state index in [2.05, 4.69) is 28.7 Å². The van der Waals surface area contributed by atoms with Gasteiger partial charge in [-0.05, 0) is 66.9 Å². The number of carbonyl (C=O) groups is 1. The Morgan fingerprint density at radius 2 is 1.80 bits per heavy atom. The second kappa shape index (κ2) is 11.2. The first-order chi connectivity index (χ1) is 16.5. The SMILES string of the molecule is C=C(/C=C(\C(=C)Cl)C(C)NC(=O)Nc1ccc(S(=O)(=O)Cc2ccc3c(c2)CN(C)C3)cc1)CC. The molecule has 186 valence electrons. The standard InChI is InChI=1S/C27H32ClN3O3S/c1-6-18(2)13-26(19(3)28)20(4)29-27(32)30-24-9-11-25(12-10-24)35(33,34)17-21-7-8-22-15-31(5)16-23(22)14-21/h7-14,20H,2-3,6,15-17H2,1,4-5H3,(H2,29,30,32)/b26-13+. The van der Waals surface area contributed by atoms with Crippen LogP contribution in [0.25, 0.3) is 0 Å². The number of urea groups is 1. The van der Waals surface area contributed by atoms with Crippen molar-refractivity contribution in [2.24, 2.45) is 0 Å². The van der Waals surface area contributed by atoms with Crippen LogP contribution >= 0.6 is 11.6 Å². The van der Waals surface area contributed by atoms with Crippen molar-refractivity contribution in [3.8, 4) is 0 Å². The number of nitrogens with zero attached hydrogens (tertiary/aromatic N) is 1. The molecule has 0 fully saturated rings. The van der Waals surface area contributed by atoms with Gasteiger partial charge in [-0.25, -0.2) is 13.2 Å². The molecule has 3 rings (SSSR count). The quantitative estimate of drug-likeness (QED) is 0.418. The Labute approximate surface area is 213 Å². The van der Waals surface area contributed by atoms with E-state index in [4.69, 9.17) is 11.6 Å². The van der Waals surface area contributed by atoms with Crippen LogP contribution in [-0.2, 0) is 28.7 Å². The van der Waals surface area contributed by atoms with Crippen LogP contribution in [0.2, 0.25) is 0 Å². The molecule has 2 aromatic rings. The minimum atomic E-state index is -3.53. The molecule has 1 aliphatic rings. The summed E-state index contributed by atoms with van der Waals surface area (Å²) < 4.78 is 25.9. The van der Waals surface area contributed by atoms with Crippen molar-refractivity contribution in [2.45, 2.75) is 50.0 Å². The minimum absolute atomic E-state index is 0.0742. The average molecular weight is 514 g/mol. The molecule has 8 heteroatoms. The summed E-state index contributed by atoms with van der Waals surface area (Å²) in [6, 6.07) is 11.2. The summed E-state index contributed by atoms with van der Waals surface area (Å²) in [6.45, 7) is 13.2. The zero-order chi connectivity index (χ0) is 25.8. The Morgan fingerprint density at radius 3 is 2.43 bits per heavy atom. The molecule has 1 atom stereocenters. The summed E-state index contributed by atoms with van der Waals surface area (Å²) in [7, 11) is -1.48. The van der Waals surface area contributed by atoms with E-state index < -0.39 is 21.9 Å². The van der Waals surface area contributed by atoms with Gasteiger partial charge in [0.15, 0.2) is 9.84 Å². The Morgan fingerprint density at radius 1 is 1.14 bits per heavy atom. The van der Waals surface area contributed by atoms with Crippen LogP contribution in [0.4, 0.5) is 10.5 Å². The summed E-state index contributed by atoms with van der Waals surface area (Å²) in [5.41, 5.74) is 5.21. The number of allylic oxidation sites excluding steroid dienone is 2. The lowest BCUT2D eigenvalue weighted by molar-refractivity contribution is 0.250. The third kappa shape index (κ3) is 7.07. The molecule has 1 unspecified atom stereocenters. The molecule has 0 aromatic heterocycles. The second-order valence-electron chi connectivity index (χ2n) is 8.90. The molecule has 2 N–H and O–H groups in total. The average Bonchev–Trinajstić information content (AvgIpc) is 3.16. The van der Waals surface area contributed by atoms with E-state index >= 15 is 0 Å². The minimum Gasteiger partial charge on any atom is -0.331 e. The summed E-state index contributed by atoms with van der Waals surface area (Å²) in [5, 5.41) is 5.87. The predicted octanol–water partition coefficient (Wildman–Crippen LogP) is 5.76. The number of hydrogen-bond donors (Lipinski definition) is 2. The van der Waals surface area contributed by atoms with E-state index in [9.17, 15) is 13.2 Å². The zero-order valence-corrected chi connectivity index (χ0v) is 22.0. The molecule has 0 radical (unpaired) electrons. The van der Waals surface area contributed by atoms with Crippen molar-refractivity contribution < 1.29 is 13.2 Å². The summed E-state index contributed by atoms with van der Waals surface area (Å²) in [6.07, 6.45) is 2.57. The Hall–Kier alpha value is -2.87. The van der Waals surface area contributed by atoms with Crippen molar-refractivity contribution in [3.63, 3.8) is 0 Å². The Bertz CT molecular complexity index is 1270. The van der Waals surface area contributed by atoms with Crippen LogP contribution in [-0.4, -0.2) is 32.4 Å². The molecular weight excluding hydrogens is 482 g/mol. The highest BCUT2D eigenvalue weighted by Crippen LogP contribution is 2.25. The van der Waals surface area contributed by atoms with Gasteiger partial charge >= 0.3 is 6.03 Å². The van der Waals surface area contributed by atoms with Crippen molar-refractivity contribution in [2.75, 3.05) is 12.4 Å². The molecule has 0 aliphatic carbocycles. The van der Waals surface area contributed by atoms with E-state index in [1.807, 2.05) is 38.2 Å². The molecule has 2 amide bonds. The Balaban J connectivity index is 1.63. The van der Waals surface area contributed by atoms with E-state index in [1.54, 1.807) is 19.1 Å². The topological polar surface area (TPSA) is 78.5 Å². The third-order valence-electron chi connectivity index (χ3n) is 5.92. The highest BCUT2D eigenvalue weighted by Gasteiger charge is 2.20. The van der Waals surface area contributed by atoms with Gasteiger partial charge in [0.1, 0.15) is 0 Å². The van der Waals surface area contributed by atoms with Gasteiger partial charge in [-0.1, -0.05) is 61.5 Å². The molecule has 0 saturated carbocycles. The first-order valence-corrected chi connectivity index (χ1v) is 13.4. The maximum atomic E-state index is 13.0. The highest BCUT2D eigenvalue weighted by molar-refractivity contribution is 7.90. The van der Waals surface area contributed by atoms with Crippen molar-refractivity contribution >= 4 is 33.2 Å². The number of rotatable bonds is 9. The molecule has 0 spiro atoms. The molecule has 1 heterocycles. The lowest BCUT2D eigenvalue weighted by Crippen LogP contribution is -2.37. The summed E-state index contributed by atoms with van der Waals surface area (Å²) in [5.74, 6) is -0.0742. The van der Waals surface area contributed by atoms with Gasteiger partial charge in [-0.3, -0.25) is 4.90 Å². The zero-order valence-electron chi connectivity index (χ0n) is 20.4. The van der Waals surface area contributed by atoms with Crippen LogP contribution in [0, 0.1) is 0 Å². The monoisotopic (exact) mass is 513 g/mol. The third-order valence-corrected chi connectivity index (χ3v) is 7.84. The molecule has 1 aliphatic heterocycles. The fraction of sp³-hybridized carbons (Fsp3) is 0.296. The molecule has 0 saturated heterocycles. The van der Waals surface area contributed by atoms with Gasteiger partial charge in [-0.15, -0.1) is 0 Å². The number of sulfone groups is 1. The van der Waals surface area contributed by atoms with E-state index in [0.29, 0.717) is 16.3 Å². The van der Waals surface area contributed by atoms with Crippen LogP contribution in [0.3, 0.4) is 0 Å². The molecule has 0 bridgehead atoms. The maximum Gasteiger partial charge on any atom is 0.319 e. The van der Waals surface area contributed by atoms with Crippen molar-refractivity contribution in [1.82, 2.24) is 10.2 Å². The number of amides is 2. The smallest absolute Gasteiger partial charge is 0.319 e. The lowest BCUT2D eigenvalue weighted by Gasteiger charge is -2.18. The van der Waals surface area contributed by atoms with Crippen molar-refractivity contribution in [3.05, 3.63) is 94.6 Å². The molecule has 2 aromatic carbocycles. The molecule has 35 heavy (non-hydrogen) atoms. The lowest BCUT2D eigenvalue weighted by atomic mass is 10.0. The number of halogens is 1. The first kappa shape index (κ1) is 26.7.